The molecule has 1 fully saturated rings. The van der Waals surface area contributed by atoms with Gasteiger partial charge in [0.25, 0.3) is 5.91 Å². The van der Waals surface area contributed by atoms with Crippen LogP contribution < -0.4 is 19.7 Å². The number of benzene rings is 1. The molecular weight excluding hydrogens is 452 g/mol. The fourth-order valence-corrected chi connectivity index (χ4v) is 4.49. The Labute approximate surface area is 202 Å². The number of nitrogens with one attached hydrogen (secondary N) is 1. The molecule has 0 saturated carbocycles. The number of amides is 1. The minimum atomic E-state index is -0.512. The van der Waals surface area contributed by atoms with Gasteiger partial charge in [0, 0.05) is 25.0 Å². The Kier molecular flexibility index (Phi) is 7.78. The van der Waals surface area contributed by atoms with Crippen molar-refractivity contribution in [3.63, 3.8) is 0 Å². The molecule has 0 radical (unpaired) electrons. The Hall–Kier alpha value is -3.84. The predicted molar refractivity (Wildman–Crippen MR) is 131 cm³/mol. The van der Waals surface area contributed by atoms with Gasteiger partial charge in [0.1, 0.15) is 18.2 Å². The van der Waals surface area contributed by atoms with E-state index in [9.17, 15) is 10.1 Å². The van der Waals surface area contributed by atoms with Crippen LogP contribution in [0.1, 0.15) is 25.0 Å². The fourth-order valence-electron chi connectivity index (χ4n) is 3.69. The molecule has 1 saturated heterocycles. The van der Waals surface area contributed by atoms with Crippen LogP contribution in [0.5, 0.6) is 11.5 Å². The van der Waals surface area contributed by atoms with Gasteiger partial charge in [-0.3, -0.25) is 10.1 Å². The summed E-state index contributed by atoms with van der Waals surface area (Å²) in [6.45, 7) is 2.83. The highest BCUT2D eigenvalue weighted by atomic mass is 32.1. The van der Waals surface area contributed by atoms with Crippen LogP contribution in [-0.2, 0) is 11.3 Å². The van der Waals surface area contributed by atoms with E-state index in [0.717, 1.165) is 36.8 Å². The zero-order valence-electron chi connectivity index (χ0n) is 18.9. The third-order valence-corrected chi connectivity index (χ3v) is 6.34. The van der Waals surface area contributed by atoms with Crippen molar-refractivity contribution in [2.24, 2.45) is 0 Å². The van der Waals surface area contributed by atoms with Gasteiger partial charge in [-0.25, -0.2) is 0 Å². The molecule has 3 aromatic rings. The van der Waals surface area contributed by atoms with E-state index in [1.54, 1.807) is 13.2 Å². The zero-order valence-corrected chi connectivity index (χ0v) is 19.8. The molecule has 9 nitrogen and oxygen atoms in total. The number of piperidine rings is 1. The van der Waals surface area contributed by atoms with Crippen LogP contribution in [0.25, 0.3) is 6.08 Å². The summed E-state index contributed by atoms with van der Waals surface area (Å²) < 4.78 is 13.1. The molecule has 2 aromatic heterocycles. The molecule has 0 atom stereocenters. The lowest BCUT2D eigenvalue weighted by atomic mass is 10.1. The first kappa shape index (κ1) is 23.3. The van der Waals surface area contributed by atoms with Gasteiger partial charge in [0.05, 0.1) is 13.7 Å². The third-order valence-electron chi connectivity index (χ3n) is 5.44. The second-order valence-electron chi connectivity index (χ2n) is 7.69. The molecular formula is C24H26N6O3S. The highest BCUT2D eigenvalue weighted by Gasteiger charge is 2.18. The molecule has 0 aliphatic carbocycles. The second kappa shape index (κ2) is 11.3. The number of nitrogens with zero attached hydrogens (tertiary/aromatic N) is 5. The summed E-state index contributed by atoms with van der Waals surface area (Å²) in [7, 11) is 1.60. The molecule has 4 rings (SSSR count). The standard InChI is InChI=1S/C24H26N6O3S/c1-32-20-9-3-4-10-21(20)33-15-14-29-13-7-8-19(29)16-18(17-25)22(31)26-23-27-28-24(34-23)30-11-5-2-6-12-30/h3-4,7-10,13,16H,2,5-6,11-12,14-15H2,1H3,(H,26,27,31)/b18-16-. The summed E-state index contributed by atoms with van der Waals surface area (Å²) >= 11 is 1.32. The van der Waals surface area contributed by atoms with Crippen LogP contribution in [0.4, 0.5) is 10.3 Å². The summed E-state index contributed by atoms with van der Waals surface area (Å²) in [5, 5.41) is 21.7. The Morgan fingerprint density at radius 3 is 2.74 bits per heavy atom. The molecule has 10 heteroatoms. The molecule has 1 aliphatic rings. The van der Waals surface area contributed by atoms with Crippen molar-refractivity contribution in [2.45, 2.75) is 25.8 Å². The molecule has 0 unspecified atom stereocenters. The number of nitriles is 1. The van der Waals surface area contributed by atoms with Crippen LogP contribution in [0, 0.1) is 11.3 Å². The van der Waals surface area contributed by atoms with E-state index in [0.29, 0.717) is 29.8 Å². The number of anilines is 2. The smallest absolute Gasteiger partial charge is 0.268 e. The average molecular weight is 479 g/mol. The summed E-state index contributed by atoms with van der Waals surface area (Å²) in [5.41, 5.74) is 0.710. The van der Waals surface area contributed by atoms with Crippen molar-refractivity contribution in [3.05, 3.63) is 53.9 Å². The van der Waals surface area contributed by atoms with Gasteiger partial charge in [-0.2, -0.15) is 5.26 Å². The predicted octanol–water partition coefficient (Wildman–Crippen LogP) is 3.96. The second-order valence-corrected chi connectivity index (χ2v) is 8.64. The maximum atomic E-state index is 12.7. The lowest BCUT2D eigenvalue weighted by Crippen LogP contribution is -2.29. The van der Waals surface area contributed by atoms with Gasteiger partial charge in [0.15, 0.2) is 11.5 Å². The van der Waals surface area contributed by atoms with E-state index in [1.165, 1.54) is 17.8 Å². The number of para-hydroxylation sites is 2. The molecule has 0 spiro atoms. The van der Waals surface area contributed by atoms with Crippen molar-refractivity contribution >= 4 is 33.6 Å². The Morgan fingerprint density at radius 1 is 1.18 bits per heavy atom. The number of ether oxygens (including phenoxy) is 2. The van der Waals surface area contributed by atoms with Gasteiger partial charge in [-0.15, -0.1) is 10.2 Å². The summed E-state index contributed by atoms with van der Waals surface area (Å²) in [5.74, 6) is 0.813. The van der Waals surface area contributed by atoms with Crippen LogP contribution in [0.3, 0.4) is 0 Å². The number of hydrogen-bond acceptors (Lipinski definition) is 8. The van der Waals surface area contributed by atoms with E-state index in [1.807, 2.05) is 53.2 Å². The van der Waals surface area contributed by atoms with Crippen LogP contribution in [0.2, 0.25) is 0 Å². The molecule has 1 aliphatic heterocycles. The molecule has 1 N–H and O–H groups in total. The molecule has 0 bridgehead atoms. The molecule has 34 heavy (non-hydrogen) atoms. The Morgan fingerprint density at radius 2 is 1.97 bits per heavy atom. The zero-order chi connectivity index (χ0) is 23.8. The number of carbonyl (C=O) groups is 1. The summed E-state index contributed by atoms with van der Waals surface area (Å²) in [6, 6.07) is 13.1. The lowest BCUT2D eigenvalue weighted by Gasteiger charge is -2.25. The van der Waals surface area contributed by atoms with E-state index in [-0.39, 0.29) is 5.57 Å². The number of rotatable bonds is 9. The first-order valence-electron chi connectivity index (χ1n) is 11.1. The monoisotopic (exact) mass is 478 g/mol. The summed E-state index contributed by atoms with van der Waals surface area (Å²) in [4.78, 5) is 14.9. The quantitative estimate of drug-likeness (QED) is 0.366. The average Bonchev–Trinajstić information content (AvgIpc) is 3.52. The maximum Gasteiger partial charge on any atom is 0.268 e. The fraction of sp³-hybridized carbons (Fsp3) is 0.333. The Balaban J connectivity index is 1.38. The number of hydrogen-bond donors (Lipinski definition) is 1. The molecule has 1 aromatic carbocycles. The first-order chi connectivity index (χ1) is 16.7. The highest BCUT2D eigenvalue weighted by molar-refractivity contribution is 7.19. The van der Waals surface area contributed by atoms with Crippen LogP contribution >= 0.6 is 11.3 Å². The third kappa shape index (κ3) is 5.74. The van der Waals surface area contributed by atoms with Crippen molar-refractivity contribution in [3.8, 4) is 17.6 Å². The van der Waals surface area contributed by atoms with E-state index in [4.69, 9.17) is 9.47 Å². The number of carbonyl (C=O) groups excluding carboxylic acids is 1. The van der Waals surface area contributed by atoms with Crippen molar-refractivity contribution in [2.75, 3.05) is 37.0 Å². The lowest BCUT2D eigenvalue weighted by molar-refractivity contribution is -0.112. The van der Waals surface area contributed by atoms with Crippen LogP contribution in [0.15, 0.2) is 48.2 Å². The Bertz CT molecular complexity index is 1190. The number of aromatic nitrogens is 3. The first-order valence-corrected chi connectivity index (χ1v) is 11.9. The highest BCUT2D eigenvalue weighted by Crippen LogP contribution is 2.27. The minimum Gasteiger partial charge on any atom is -0.493 e. The largest absolute Gasteiger partial charge is 0.493 e. The normalized spacial score (nSPS) is 13.9. The topological polar surface area (TPSA) is 105 Å². The van der Waals surface area contributed by atoms with E-state index in [2.05, 4.69) is 20.4 Å². The molecule has 1 amide bonds. The van der Waals surface area contributed by atoms with Crippen molar-refractivity contribution in [1.29, 1.82) is 5.26 Å². The van der Waals surface area contributed by atoms with Gasteiger partial charge >= 0.3 is 0 Å². The van der Waals surface area contributed by atoms with E-state index >= 15 is 0 Å². The minimum absolute atomic E-state index is 0.0136. The van der Waals surface area contributed by atoms with E-state index < -0.39 is 5.91 Å². The SMILES string of the molecule is COc1ccccc1OCCn1cccc1/C=C(/C#N)C(=O)Nc1nnc(N2CCCCC2)s1. The van der Waals surface area contributed by atoms with Gasteiger partial charge in [0.2, 0.25) is 10.3 Å². The van der Waals surface area contributed by atoms with Crippen molar-refractivity contribution < 1.29 is 14.3 Å². The van der Waals surface area contributed by atoms with Gasteiger partial charge in [-0.1, -0.05) is 23.5 Å². The molecule has 176 valence electrons. The molecule has 3 heterocycles. The summed E-state index contributed by atoms with van der Waals surface area (Å²) in [6.07, 6.45) is 6.92. The van der Waals surface area contributed by atoms with Gasteiger partial charge in [-0.05, 0) is 49.6 Å². The van der Waals surface area contributed by atoms with Crippen molar-refractivity contribution in [1.82, 2.24) is 14.8 Å². The maximum absolute atomic E-state index is 12.7. The number of methoxy groups -OCH3 is 1. The van der Waals surface area contributed by atoms with Crippen LogP contribution in [-0.4, -0.2) is 47.5 Å². The van der Waals surface area contributed by atoms with Gasteiger partial charge < -0.3 is 18.9 Å².